The van der Waals surface area contributed by atoms with E-state index in [0.29, 0.717) is 5.56 Å². The maximum atomic E-state index is 11.2. The minimum Gasteiger partial charge on any atom is -0.366 e. The zero-order valence-corrected chi connectivity index (χ0v) is 7.87. The number of H-pyrrole nitrogens is 1. The Bertz CT molecular complexity index is 487. The van der Waals surface area contributed by atoms with Gasteiger partial charge in [0.2, 0.25) is 5.91 Å². The van der Waals surface area contributed by atoms with Gasteiger partial charge in [-0.15, -0.1) is 0 Å². The number of primary amides is 1. The Hall–Kier alpha value is -1.84. The summed E-state index contributed by atoms with van der Waals surface area (Å²) in [5.41, 5.74) is 7.61. The molecule has 0 atom stereocenters. The largest absolute Gasteiger partial charge is 0.366 e. The second kappa shape index (κ2) is 3.14. The van der Waals surface area contributed by atoms with Crippen molar-refractivity contribution in [2.24, 2.45) is 5.73 Å². The Morgan fingerprint density at radius 3 is 3.07 bits per heavy atom. The quantitative estimate of drug-likeness (QED) is 0.745. The number of nitrogens with two attached hydrogens (primary N) is 1. The minimum atomic E-state index is -0.410. The van der Waals surface area contributed by atoms with E-state index < -0.39 is 5.91 Å². The first kappa shape index (κ1) is 8.74. The number of nitrogens with one attached hydrogen (secondary N) is 1. The summed E-state index contributed by atoms with van der Waals surface area (Å²) in [6.07, 6.45) is 4.30. The fourth-order valence-corrected chi connectivity index (χ4v) is 1.61. The van der Waals surface area contributed by atoms with Crippen LogP contribution < -0.4 is 5.73 Å². The van der Waals surface area contributed by atoms with Crippen molar-refractivity contribution in [3.8, 4) is 0 Å². The van der Waals surface area contributed by atoms with Crippen molar-refractivity contribution in [1.29, 1.82) is 0 Å². The first-order valence-electron chi connectivity index (χ1n) is 4.48. The highest BCUT2D eigenvalue weighted by Crippen LogP contribution is 2.20. The van der Waals surface area contributed by atoms with Crippen molar-refractivity contribution in [3.63, 3.8) is 0 Å². The van der Waals surface area contributed by atoms with E-state index >= 15 is 0 Å². The average molecular weight is 189 g/mol. The number of hydrogen-bond acceptors (Lipinski definition) is 2. The van der Waals surface area contributed by atoms with E-state index in [-0.39, 0.29) is 0 Å². The van der Waals surface area contributed by atoms with Crippen LogP contribution in [-0.2, 0) is 6.42 Å². The van der Waals surface area contributed by atoms with Gasteiger partial charge in [0.15, 0.2) is 0 Å². The molecule has 0 radical (unpaired) electrons. The van der Waals surface area contributed by atoms with E-state index in [9.17, 15) is 4.79 Å². The van der Waals surface area contributed by atoms with Crippen molar-refractivity contribution in [2.45, 2.75) is 13.3 Å². The predicted octanol–water partition coefficient (Wildman–Crippen LogP) is 1.22. The molecule has 0 spiro atoms. The zero-order valence-electron chi connectivity index (χ0n) is 7.87. The number of carbonyl (C=O) groups excluding carboxylic acids is 1. The normalized spacial score (nSPS) is 10.6. The molecule has 4 nitrogen and oxygen atoms in total. The highest BCUT2D eigenvalue weighted by atomic mass is 16.1. The Balaban J connectivity index is 2.81. The summed E-state index contributed by atoms with van der Waals surface area (Å²) in [5, 5.41) is 0.850. The van der Waals surface area contributed by atoms with Gasteiger partial charge < -0.3 is 10.7 Å². The molecule has 2 aromatic heterocycles. The lowest BCUT2D eigenvalue weighted by Crippen LogP contribution is -2.11. The molecule has 14 heavy (non-hydrogen) atoms. The first-order chi connectivity index (χ1) is 6.74. The molecule has 2 rings (SSSR count). The summed E-state index contributed by atoms with van der Waals surface area (Å²) < 4.78 is 0. The molecule has 0 aliphatic carbocycles. The third-order valence-electron chi connectivity index (χ3n) is 2.30. The molecule has 4 heteroatoms. The molecule has 0 bridgehead atoms. The molecule has 2 heterocycles. The van der Waals surface area contributed by atoms with Crippen LogP contribution in [0.1, 0.15) is 22.8 Å². The third kappa shape index (κ3) is 1.16. The average Bonchev–Trinajstić information content (AvgIpc) is 2.59. The lowest BCUT2D eigenvalue weighted by molar-refractivity contribution is 0.100. The highest BCUT2D eigenvalue weighted by Gasteiger charge is 2.11. The van der Waals surface area contributed by atoms with Gasteiger partial charge in [-0.2, -0.15) is 0 Å². The maximum Gasteiger partial charge on any atom is 0.249 e. The van der Waals surface area contributed by atoms with Crippen LogP contribution in [-0.4, -0.2) is 15.9 Å². The van der Waals surface area contributed by atoms with Crippen molar-refractivity contribution in [2.75, 3.05) is 0 Å². The smallest absolute Gasteiger partial charge is 0.249 e. The minimum absolute atomic E-state index is 0.410. The van der Waals surface area contributed by atoms with Crippen LogP contribution in [0.15, 0.2) is 18.5 Å². The van der Waals surface area contributed by atoms with Crippen molar-refractivity contribution >= 4 is 16.9 Å². The first-order valence-corrected chi connectivity index (χ1v) is 4.48. The topological polar surface area (TPSA) is 71.8 Å². The number of fused-ring (bicyclic) bond motifs is 1. The van der Waals surface area contributed by atoms with Gasteiger partial charge in [-0.3, -0.25) is 4.79 Å². The van der Waals surface area contributed by atoms with Gasteiger partial charge in [0.05, 0.1) is 5.56 Å². The van der Waals surface area contributed by atoms with Gasteiger partial charge in [-0.25, -0.2) is 4.98 Å². The molecule has 0 aromatic carbocycles. The van der Waals surface area contributed by atoms with E-state index in [1.807, 2.05) is 13.1 Å². The Morgan fingerprint density at radius 1 is 1.64 bits per heavy atom. The maximum absolute atomic E-state index is 11.2. The van der Waals surface area contributed by atoms with E-state index in [4.69, 9.17) is 5.73 Å². The van der Waals surface area contributed by atoms with Crippen LogP contribution in [0, 0.1) is 0 Å². The molecular formula is C10H11N3O. The number of aryl methyl sites for hydroxylation is 1. The second-order valence-electron chi connectivity index (χ2n) is 3.11. The number of hydrogen-bond donors (Lipinski definition) is 2. The Labute approximate surface area is 81.1 Å². The fraction of sp³-hybridized carbons (Fsp3) is 0.200. The molecule has 1 amide bonds. The summed E-state index contributed by atoms with van der Waals surface area (Å²) in [4.78, 5) is 18.3. The Kier molecular flexibility index (Phi) is 1.96. The molecule has 0 aliphatic rings. The van der Waals surface area contributed by atoms with Gasteiger partial charge in [0.1, 0.15) is 5.65 Å². The summed E-state index contributed by atoms with van der Waals surface area (Å²) >= 11 is 0. The number of aromatic nitrogens is 2. The molecule has 0 fully saturated rings. The molecule has 0 unspecified atom stereocenters. The highest BCUT2D eigenvalue weighted by molar-refractivity contribution is 6.05. The number of pyridine rings is 1. The van der Waals surface area contributed by atoms with Crippen molar-refractivity contribution in [1.82, 2.24) is 9.97 Å². The number of rotatable bonds is 2. The van der Waals surface area contributed by atoms with Gasteiger partial charge in [0.25, 0.3) is 0 Å². The zero-order chi connectivity index (χ0) is 10.1. The van der Waals surface area contributed by atoms with Crippen LogP contribution in [0.2, 0.25) is 0 Å². The number of amides is 1. The molecule has 0 saturated carbocycles. The van der Waals surface area contributed by atoms with Gasteiger partial charge in [0, 0.05) is 17.8 Å². The van der Waals surface area contributed by atoms with Crippen LogP contribution in [0.5, 0.6) is 0 Å². The van der Waals surface area contributed by atoms with Crippen LogP contribution in [0.4, 0.5) is 0 Å². The van der Waals surface area contributed by atoms with E-state index in [2.05, 4.69) is 9.97 Å². The number of carbonyl (C=O) groups is 1. The third-order valence-corrected chi connectivity index (χ3v) is 2.30. The van der Waals surface area contributed by atoms with Crippen LogP contribution in [0.25, 0.3) is 11.0 Å². The van der Waals surface area contributed by atoms with Crippen LogP contribution >= 0.6 is 0 Å². The Morgan fingerprint density at radius 2 is 2.43 bits per heavy atom. The molecule has 3 N–H and O–H groups in total. The molecule has 72 valence electrons. The summed E-state index contributed by atoms with van der Waals surface area (Å²) in [6, 6.07) is 1.65. The summed E-state index contributed by atoms with van der Waals surface area (Å²) in [5.74, 6) is -0.410. The lowest BCUT2D eigenvalue weighted by atomic mass is 10.1. The predicted molar refractivity (Wildman–Crippen MR) is 54.0 cm³/mol. The van der Waals surface area contributed by atoms with Crippen LogP contribution in [0.3, 0.4) is 0 Å². The monoisotopic (exact) mass is 189 g/mol. The SMILES string of the molecule is CCc1c[nH]c2nccc(C(N)=O)c12. The van der Waals surface area contributed by atoms with Crippen molar-refractivity contribution in [3.05, 3.63) is 29.6 Å². The van der Waals surface area contributed by atoms with Crippen molar-refractivity contribution < 1.29 is 4.79 Å². The standard InChI is InChI=1S/C10H11N3O/c1-2-6-5-13-10-8(6)7(9(11)14)3-4-12-10/h3-5H,2H2,1H3,(H2,11,14)(H,12,13). The molecule has 0 saturated heterocycles. The van der Waals surface area contributed by atoms with E-state index in [1.54, 1.807) is 12.3 Å². The van der Waals surface area contributed by atoms with E-state index in [0.717, 1.165) is 23.0 Å². The molecule has 2 aromatic rings. The van der Waals surface area contributed by atoms with Gasteiger partial charge in [-0.1, -0.05) is 6.92 Å². The fourth-order valence-electron chi connectivity index (χ4n) is 1.61. The number of aromatic amines is 1. The molecular weight excluding hydrogens is 178 g/mol. The summed E-state index contributed by atoms with van der Waals surface area (Å²) in [6.45, 7) is 2.03. The van der Waals surface area contributed by atoms with Gasteiger partial charge in [-0.05, 0) is 18.1 Å². The summed E-state index contributed by atoms with van der Waals surface area (Å²) in [7, 11) is 0. The van der Waals surface area contributed by atoms with Gasteiger partial charge >= 0.3 is 0 Å². The lowest BCUT2D eigenvalue weighted by Gasteiger charge is -1.99. The molecule has 0 aliphatic heterocycles. The second-order valence-corrected chi connectivity index (χ2v) is 3.11. The number of nitrogens with zero attached hydrogens (tertiary/aromatic N) is 1. The van der Waals surface area contributed by atoms with E-state index in [1.165, 1.54) is 0 Å².